The lowest BCUT2D eigenvalue weighted by molar-refractivity contribution is 0.100. The molecule has 3 aromatic heterocycles. The van der Waals surface area contributed by atoms with Crippen LogP contribution in [0.4, 0.5) is 0 Å². The maximum Gasteiger partial charge on any atom is 0.260 e. The maximum atomic E-state index is 12.0. The molecule has 5 nitrogen and oxygen atoms in total. The van der Waals surface area contributed by atoms with Crippen LogP contribution in [0.3, 0.4) is 0 Å². The highest BCUT2D eigenvalue weighted by atomic mass is 32.1. The zero-order valence-electron chi connectivity index (χ0n) is 13.7. The van der Waals surface area contributed by atoms with Crippen molar-refractivity contribution in [3.63, 3.8) is 0 Å². The van der Waals surface area contributed by atoms with Gasteiger partial charge in [-0.3, -0.25) is 4.79 Å². The lowest BCUT2D eigenvalue weighted by atomic mass is 9.86. The molecule has 6 heteroatoms. The van der Waals surface area contributed by atoms with Gasteiger partial charge in [-0.1, -0.05) is 25.3 Å². The first-order valence-corrected chi connectivity index (χ1v) is 9.21. The molecule has 1 fully saturated rings. The summed E-state index contributed by atoms with van der Waals surface area (Å²) in [6, 6.07) is 5.97. The molecular weight excluding hydrogens is 320 g/mol. The van der Waals surface area contributed by atoms with E-state index in [1.807, 2.05) is 35.8 Å². The number of thiazole rings is 1. The van der Waals surface area contributed by atoms with Gasteiger partial charge in [0.2, 0.25) is 0 Å². The molecule has 3 heterocycles. The standard InChI is InChI=1S/C18H20N4OS/c1-11-14(13-9-5-6-10-22(13)21-11)18-20-15(16(24-18)17(19)23)12-7-3-2-4-8-12/h5-6,9-10,12H,2-4,7-8H2,1H3,(H2,19,23). The van der Waals surface area contributed by atoms with E-state index in [0.29, 0.717) is 10.8 Å². The molecule has 2 N–H and O–H groups in total. The Kier molecular flexibility index (Phi) is 3.84. The fourth-order valence-corrected chi connectivity index (χ4v) is 4.76. The summed E-state index contributed by atoms with van der Waals surface area (Å²) in [5, 5.41) is 5.40. The minimum absolute atomic E-state index is 0.355. The summed E-state index contributed by atoms with van der Waals surface area (Å²) in [6.45, 7) is 1.98. The zero-order valence-corrected chi connectivity index (χ0v) is 14.5. The summed E-state index contributed by atoms with van der Waals surface area (Å²) in [4.78, 5) is 17.5. The Morgan fingerprint density at radius 3 is 2.83 bits per heavy atom. The maximum absolute atomic E-state index is 12.0. The average molecular weight is 340 g/mol. The van der Waals surface area contributed by atoms with Crippen LogP contribution in [-0.4, -0.2) is 20.5 Å². The summed E-state index contributed by atoms with van der Waals surface area (Å²) in [5.74, 6) is -0.0122. The SMILES string of the molecule is Cc1nn2ccccc2c1-c1nc(C2CCCCC2)c(C(N)=O)s1. The van der Waals surface area contributed by atoms with E-state index in [2.05, 4.69) is 5.10 Å². The van der Waals surface area contributed by atoms with Crippen LogP contribution in [0.25, 0.3) is 16.1 Å². The number of nitrogens with zero attached hydrogens (tertiary/aromatic N) is 3. The minimum atomic E-state index is -0.367. The van der Waals surface area contributed by atoms with Gasteiger partial charge >= 0.3 is 0 Å². The van der Waals surface area contributed by atoms with E-state index in [4.69, 9.17) is 10.7 Å². The largest absolute Gasteiger partial charge is 0.365 e. The minimum Gasteiger partial charge on any atom is -0.365 e. The van der Waals surface area contributed by atoms with E-state index >= 15 is 0 Å². The van der Waals surface area contributed by atoms with E-state index in [0.717, 1.165) is 40.3 Å². The number of hydrogen-bond acceptors (Lipinski definition) is 4. The second-order valence-electron chi connectivity index (χ2n) is 6.42. The van der Waals surface area contributed by atoms with Crippen LogP contribution in [-0.2, 0) is 0 Å². The molecule has 24 heavy (non-hydrogen) atoms. The van der Waals surface area contributed by atoms with Crippen LogP contribution in [0, 0.1) is 6.92 Å². The highest BCUT2D eigenvalue weighted by Crippen LogP contribution is 2.40. The molecule has 0 atom stereocenters. The second kappa shape index (κ2) is 6.02. The van der Waals surface area contributed by atoms with Crippen LogP contribution >= 0.6 is 11.3 Å². The highest BCUT2D eigenvalue weighted by molar-refractivity contribution is 7.17. The smallest absolute Gasteiger partial charge is 0.260 e. The average Bonchev–Trinajstić information content (AvgIpc) is 3.16. The van der Waals surface area contributed by atoms with Gasteiger partial charge in [-0.15, -0.1) is 11.3 Å². The molecule has 4 rings (SSSR count). The fraction of sp³-hybridized carbons (Fsp3) is 0.389. The molecule has 124 valence electrons. The summed E-state index contributed by atoms with van der Waals surface area (Å²) in [5.41, 5.74) is 9.48. The number of rotatable bonds is 3. The van der Waals surface area contributed by atoms with Crippen LogP contribution in [0.15, 0.2) is 24.4 Å². The number of amides is 1. The molecule has 0 saturated heterocycles. The molecule has 1 aliphatic rings. The number of hydrogen-bond donors (Lipinski definition) is 1. The van der Waals surface area contributed by atoms with Crippen molar-refractivity contribution in [2.75, 3.05) is 0 Å². The molecule has 1 amide bonds. The summed E-state index contributed by atoms with van der Waals surface area (Å²) < 4.78 is 1.86. The van der Waals surface area contributed by atoms with Crippen molar-refractivity contribution < 1.29 is 4.79 Å². The summed E-state index contributed by atoms with van der Waals surface area (Å²) in [7, 11) is 0. The summed E-state index contributed by atoms with van der Waals surface area (Å²) >= 11 is 1.41. The molecule has 0 bridgehead atoms. The number of aromatic nitrogens is 3. The van der Waals surface area contributed by atoms with E-state index in [1.165, 1.54) is 30.6 Å². The van der Waals surface area contributed by atoms with Gasteiger partial charge in [-0.25, -0.2) is 9.50 Å². The number of fused-ring (bicyclic) bond motifs is 1. The van der Waals surface area contributed by atoms with E-state index in [-0.39, 0.29) is 5.91 Å². The third kappa shape index (κ3) is 2.51. The van der Waals surface area contributed by atoms with Crippen molar-refractivity contribution in [1.82, 2.24) is 14.6 Å². The van der Waals surface area contributed by atoms with Crippen molar-refractivity contribution in [3.05, 3.63) is 40.7 Å². The van der Waals surface area contributed by atoms with Crippen molar-refractivity contribution in [2.45, 2.75) is 44.9 Å². The van der Waals surface area contributed by atoms with Gasteiger partial charge in [0.05, 0.1) is 22.5 Å². The zero-order chi connectivity index (χ0) is 16.7. The van der Waals surface area contributed by atoms with Gasteiger partial charge in [0.1, 0.15) is 9.88 Å². The Bertz CT molecular complexity index is 905. The highest BCUT2D eigenvalue weighted by Gasteiger charge is 2.27. The second-order valence-corrected chi connectivity index (χ2v) is 7.42. The van der Waals surface area contributed by atoms with Gasteiger partial charge in [-0.2, -0.15) is 5.10 Å². The number of primary amides is 1. The van der Waals surface area contributed by atoms with Crippen LogP contribution in [0.2, 0.25) is 0 Å². The van der Waals surface area contributed by atoms with Gasteiger partial charge in [-0.05, 0) is 31.9 Å². The fourth-order valence-electron chi connectivity index (χ4n) is 3.65. The van der Waals surface area contributed by atoms with Crippen LogP contribution in [0.5, 0.6) is 0 Å². The summed E-state index contributed by atoms with van der Waals surface area (Å²) in [6.07, 6.45) is 7.79. The van der Waals surface area contributed by atoms with Crippen molar-refractivity contribution in [3.8, 4) is 10.6 Å². The molecule has 1 aliphatic carbocycles. The Labute approximate surface area is 144 Å². The molecule has 0 unspecified atom stereocenters. The Hall–Kier alpha value is -2.21. The van der Waals surface area contributed by atoms with Gasteiger partial charge in [0.25, 0.3) is 5.91 Å². The number of pyridine rings is 1. The topological polar surface area (TPSA) is 73.3 Å². The van der Waals surface area contributed by atoms with Gasteiger partial charge < -0.3 is 5.73 Å². The van der Waals surface area contributed by atoms with Crippen molar-refractivity contribution in [1.29, 1.82) is 0 Å². The third-order valence-corrected chi connectivity index (χ3v) is 5.90. The van der Waals surface area contributed by atoms with E-state index in [1.54, 1.807) is 0 Å². The lowest BCUT2D eigenvalue weighted by Crippen LogP contribution is -2.15. The Morgan fingerprint density at radius 2 is 2.08 bits per heavy atom. The van der Waals surface area contributed by atoms with Crippen molar-refractivity contribution >= 4 is 22.8 Å². The lowest BCUT2D eigenvalue weighted by Gasteiger charge is -2.20. The first kappa shape index (κ1) is 15.3. The van der Waals surface area contributed by atoms with Crippen LogP contribution < -0.4 is 5.73 Å². The predicted molar refractivity (Wildman–Crippen MR) is 95.4 cm³/mol. The normalized spacial score (nSPS) is 15.9. The van der Waals surface area contributed by atoms with Gasteiger partial charge in [0.15, 0.2) is 0 Å². The number of nitrogens with two attached hydrogens (primary N) is 1. The predicted octanol–water partition coefficient (Wildman–Crippen LogP) is 3.91. The molecule has 3 aromatic rings. The van der Waals surface area contributed by atoms with Crippen LogP contribution in [0.1, 0.15) is 59.1 Å². The first-order chi connectivity index (χ1) is 11.6. The Morgan fingerprint density at radius 1 is 1.29 bits per heavy atom. The number of carbonyl (C=O) groups excluding carboxylic acids is 1. The molecule has 0 aromatic carbocycles. The first-order valence-electron chi connectivity index (χ1n) is 8.40. The van der Waals surface area contributed by atoms with Crippen molar-refractivity contribution in [2.24, 2.45) is 5.73 Å². The van der Waals surface area contributed by atoms with E-state index in [9.17, 15) is 4.79 Å². The molecule has 0 aliphatic heterocycles. The number of aryl methyl sites for hydroxylation is 1. The van der Waals surface area contributed by atoms with E-state index < -0.39 is 0 Å². The van der Waals surface area contributed by atoms with Gasteiger partial charge in [0, 0.05) is 12.1 Å². The monoisotopic (exact) mass is 340 g/mol. The molecule has 0 spiro atoms. The number of carbonyl (C=O) groups is 1. The molecular formula is C18H20N4OS. The molecule has 1 saturated carbocycles. The third-order valence-electron chi connectivity index (χ3n) is 4.80. The quantitative estimate of drug-likeness (QED) is 0.785. The molecule has 0 radical (unpaired) electrons. The Balaban J connectivity index is 1.86.